The van der Waals surface area contributed by atoms with Crippen molar-refractivity contribution in [3.63, 3.8) is 0 Å². The monoisotopic (exact) mass is 464 g/mol. The molecule has 146 valence electrons. The molecule has 28 heavy (non-hydrogen) atoms. The number of halogens is 2. The molecule has 0 unspecified atom stereocenters. The van der Waals surface area contributed by atoms with Crippen LogP contribution in [0.25, 0.3) is 0 Å². The summed E-state index contributed by atoms with van der Waals surface area (Å²) in [5, 5.41) is 2.95. The Morgan fingerprint density at radius 1 is 1.29 bits per heavy atom. The van der Waals surface area contributed by atoms with Gasteiger partial charge in [-0.1, -0.05) is 39.7 Å². The molecule has 1 N–H and O–H groups in total. The lowest BCUT2D eigenvalue weighted by Crippen LogP contribution is -2.28. The molecule has 2 aromatic carbocycles. The summed E-state index contributed by atoms with van der Waals surface area (Å²) in [6.07, 6.45) is 0.0624. The zero-order valence-corrected chi connectivity index (χ0v) is 17.4. The van der Waals surface area contributed by atoms with Crippen LogP contribution >= 0.6 is 27.5 Å². The van der Waals surface area contributed by atoms with Crippen molar-refractivity contribution in [1.29, 1.82) is 0 Å². The summed E-state index contributed by atoms with van der Waals surface area (Å²) in [7, 11) is 0. The number of amides is 2. The lowest BCUT2D eigenvalue weighted by molar-refractivity contribution is -0.151. The van der Waals surface area contributed by atoms with E-state index in [4.69, 9.17) is 16.3 Å². The Balaban J connectivity index is 1.53. The van der Waals surface area contributed by atoms with Crippen molar-refractivity contribution in [2.75, 3.05) is 23.4 Å². The van der Waals surface area contributed by atoms with Crippen LogP contribution < -0.4 is 10.2 Å². The third-order valence-corrected chi connectivity index (χ3v) is 5.13. The van der Waals surface area contributed by atoms with Crippen LogP contribution in [0, 0.1) is 12.8 Å². The molecule has 0 aliphatic carbocycles. The Kier molecular flexibility index (Phi) is 6.36. The van der Waals surface area contributed by atoms with Gasteiger partial charge in [-0.05, 0) is 42.8 Å². The summed E-state index contributed by atoms with van der Waals surface area (Å²) >= 11 is 9.33. The van der Waals surface area contributed by atoms with E-state index in [1.165, 1.54) is 0 Å². The largest absolute Gasteiger partial charge is 0.455 e. The van der Waals surface area contributed by atoms with E-state index in [0.717, 1.165) is 15.7 Å². The maximum atomic E-state index is 12.3. The van der Waals surface area contributed by atoms with Crippen molar-refractivity contribution in [1.82, 2.24) is 0 Å². The predicted octanol–water partition coefficient (Wildman–Crippen LogP) is 3.95. The summed E-state index contributed by atoms with van der Waals surface area (Å²) < 4.78 is 5.88. The summed E-state index contributed by atoms with van der Waals surface area (Å²) in [4.78, 5) is 38.1. The average molecular weight is 466 g/mol. The van der Waals surface area contributed by atoms with Gasteiger partial charge in [0.25, 0.3) is 5.91 Å². The summed E-state index contributed by atoms with van der Waals surface area (Å²) in [6.45, 7) is 1.73. The van der Waals surface area contributed by atoms with E-state index >= 15 is 0 Å². The van der Waals surface area contributed by atoms with Crippen LogP contribution in [0.5, 0.6) is 0 Å². The highest BCUT2D eigenvalue weighted by Crippen LogP contribution is 2.27. The molecule has 1 fully saturated rings. The average Bonchev–Trinajstić information content (AvgIpc) is 3.04. The maximum Gasteiger partial charge on any atom is 0.311 e. The van der Waals surface area contributed by atoms with Crippen molar-refractivity contribution in [2.24, 2.45) is 5.92 Å². The van der Waals surface area contributed by atoms with Gasteiger partial charge in [-0.15, -0.1) is 0 Å². The Hall–Kier alpha value is -2.38. The second-order valence-corrected chi connectivity index (χ2v) is 7.85. The van der Waals surface area contributed by atoms with E-state index in [-0.39, 0.29) is 18.9 Å². The van der Waals surface area contributed by atoms with Gasteiger partial charge in [0, 0.05) is 23.1 Å². The summed E-state index contributed by atoms with van der Waals surface area (Å²) in [5.41, 5.74) is 2.20. The molecule has 8 heteroatoms. The van der Waals surface area contributed by atoms with Crippen LogP contribution in [-0.4, -0.2) is 30.9 Å². The van der Waals surface area contributed by atoms with Crippen LogP contribution in [0.1, 0.15) is 12.0 Å². The van der Waals surface area contributed by atoms with Crippen LogP contribution in [-0.2, 0) is 19.1 Å². The van der Waals surface area contributed by atoms with Crippen LogP contribution in [0.15, 0.2) is 46.9 Å². The van der Waals surface area contributed by atoms with Gasteiger partial charge < -0.3 is 15.0 Å². The van der Waals surface area contributed by atoms with Crippen molar-refractivity contribution >= 4 is 56.7 Å². The third kappa shape index (κ3) is 4.91. The lowest BCUT2D eigenvalue weighted by atomic mass is 10.1. The molecule has 1 heterocycles. The van der Waals surface area contributed by atoms with E-state index in [9.17, 15) is 14.4 Å². The fourth-order valence-corrected chi connectivity index (χ4v) is 3.66. The number of carbonyl (C=O) groups excluding carboxylic acids is 3. The lowest BCUT2D eigenvalue weighted by Gasteiger charge is -2.17. The van der Waals surface area contributed by atoms with Gasteiger partial charge in [0.2, 0.25) is 5.91 Å². The highest BCUT2D eigenvalue weighted by molar-refractivity contribution is 9.10. The van der Waals surface area contributed by atoms with Crippen LogP contribution in [0.3, 0.4) is 0 Å². The molecule has 0 spiro atoms. The molecule has 1 aliphatic rings. The number of hydrogen-bond acceptors (Lipinski definition) is 4. The molecule has 3 rings (SSSR count). The topological polar surface area (TPSA) is 75.7 Å². The molecular formula is C20H18BrClN2O4. The van der Waals surface area contributed by atoms with Gasteiger partial charge in [0.15, 0.2) is 6.61 Å². The van der Waals surface area contributed by atoms with Gasteiger partial charge in [-0.3, -0.25) is 14.4 Å². The molecule has 1 saturated heterocycles. The van der Waals surface area contributed by atoms with E-state index in [0.29, 0.717) is 10.7 Å². The standard InChI is InChI=1S/C20H18BrClN2O4/c1-12-3-2-4-15(7-12)24-10-13(8-19(24)26)20(27)28-11-18(25)23-17-6-5-14(21)9-16(17)22/h2-7,9,13H,8,10-11H2,1H3,(H,23,25)/t13-/m0/s1. The molecule has 0 aromatic heterocycles. The second kappa shape index (κ2) is 8.75. The first-order valence-electron chi connectivity index (χ1n) is 8.62. The van der Waals surface area contributed by atoms with Crippen molar-refractivity contribution in [3.8, 4) is 0 Å². The fourth-order valence-electron chi connectivity index (χ4n) is 2.94. The zero-order valence-electron chi connectivity index (χ0n) is 15.1. The van der Waals surface area contributed by atoms with Gasteiger partial charge in [-0.25, -0.2) is 0 Å². The first kappa shape index (κ1) is 20.4. The zero-order chi connectivity index (χ0) is 20.3. The Bertz CT molecular complexity index is 934. The number of rotatable bonds is 5. The summed E-state index contributed by atoms with van der Waals surface area (Å²) in [5.74, 6) is -1.81. The van der Waals surface area contributed by atoms with Crippen molar-refractivity contribution in [2.45, 2.75) is 13.3 Å². The Labute approximate surface area is 175 Å². The number of aryl methyl sites for hydroxylation is 1. The van der Waals surface area contributed by atoms with Gasteiger partial charge in [0.05, 0.1) is 16.6 Å². The van der Waals surface area contributed by atoms with Gasteiger partial charge in [0.1, 0.15) is 0 Å². The van der Waals surface area contributed by atoms with Crippen molar-refractivity contribution < 1.29 is 19.1 Å². The smallest absolute Gasteiger partial charge is 0.311 e. The number of nitrogens with zero attached hydrogens (tertiary/aromatic N) is 1. The number of nitrogens with one attached hydrogen (secondary N) is 1. The SMILES string of the molecule is Cc1cccc(N2C[C@@H](C(=O)OCC(=O)Nc3ccc(Br)cc3Cl)CC2=O)c1. The van der Waals surface area contributed by atoms with Crippen LogP contribution in [0.4, 0.5) is 11.4 Å². The van der Waals surface area contributed by atoms with Gasteiger partial charge >= 0.3 is 5.97 Å². The fraction of sp³-hybridized carbons (Fsp3) is 0.250. The van der Waals surface area contributed by atoms with Gasteiger partial charge in [-0.2, -0.15) is 0 Å². The number of carbonyl (C=O) groups is 3. The predicted molar refractivity (Wildman–Crippen MR) is 110 cm³/mol. The molecular weight excluding hydrogens is 448 g/mol. The van der Waals surface area contributed by atoms with E-state index in [1.54, 1.807) is 23.1 Å². The number of hydrogen-bond donors (Lipinski definition) is 1. The molecule has 6 nitrogen and oxygen atoms in total. The Morgan fingerprint density at radius 2 is 2.07 bits per heavy atom. The molecule has 0 saturated carbocycles. The number of ether oxygens (including phenoxy) is 1. The number of anilines is 2. The number of esters is 1. The quantitative estimate of drug-likeness (QED) is 0.679. The minimum Gasteiger partial charge on any atom is -0.455 e. The van der Waals surface area contributed by atoms with E-state index in [2.05, 4.69) is 21.2 Å². The van der Waals surface area contributed by atoms with Crippen LogP contribution in [0.2, 0.25) is 5.02 Å². The second-order valence-electron chi connectivity index (χ2n) is 6.52. The molecule has 0 bridgehead atoms. The molecule has 1 aliphatic heterocycles. The molecule has 2 amide bonds. The minimum atomic E-state index is -0.600. The van der Waals surface area contributed by atoms with E-state index < -0.39 is 24.4 Å². The van der Waals surface area contributed by atoms with Crippen molar-refractivity contribution in [3.05, 3.63) is 57.5 Å². The normalized spacial score (nSPS) is 16.2. The first-order chi connectivity index (χ1) is 13.3. The highest BCUT2D eigenvalue weighted by atomic mass is 79.9. The van der Waals surface area contributed by atoms with E-state index in [1.807, 2.05) is 31.2 Å². The molecule has 1 atom stereocenters. The molecule has 0 radical (unpaired) electrons. The maximum absolute atomic E-state index is 12.3. The third-order valence-electron chi connectivity index (χ3n) is 4.32. The first-order valence-corrected chi connectivity index (χ1v) is 9.79. The molecule has 2 aromatic rings. The minimum absolute atomic E-state index is 0.0624. The number of benzene rings is 2. The highest BCUT2D eigenvalue weighted by Gasteiger charge is 2.36. The summed E-state index contributed by atoms with van der Waals surface area (Å²) in [6, 6.07) is 12.5. The Morgan fingerprint density at radius 3 is 2.79 bits per heavy atom.